The number of nitrogens with two attached hydrogens (primary N) is 1. The van der Waals surface area contributed by atoms with Crippen LogP contribution in [0.1, 0.15) is 61.5 Å². The summed E-state index contributed by atoms with van der Waals surface area (Å²) in [6, 6.07) is 14.0. The van der Waals surface area contributed by atoms with Crippen molar-refractivity contribution in [3.63, 3.8) is 0 Å². The Balaban J connectivity index is 1.63. The van der Waals surface area contributed by atoms with E-state index in [0.29, 0.717) is 25.1 Å². The molecule has 3 N–H and O–H groups in total. The number of carbonyl (C=O) groups excluding carboxylic acids is 2. The molecule has 29 heavy (non-hydrogen) atoms. The van der Waals surface area contributed by atoms with Gasteiger partial charge < -0.3 is 15.8 Å². The highest BCUT2D eigenvalue weighted by molar-refractivity contribution is 5.96. The standard InChI is InChI=1S/C24H30N2O3/c1-15(23(28)29-24(2,3)4)11-12-26-22(27)16-9-10-19-17-7-5-6-8-18(17)21(14-25)20(19)13-16/h5-10,13,15,21H,11-12,14,25H2,1-4H3,(H,26,27). The monoisotopic (exact) mass is 394 g/mol. The minimum absolute atomic E-state index is 0.112. The molecule has 5 nitrogen and oxygen atoms in total. The van der Waals surface area contributed by atoms with Crippen molar-refractivity contribution in [2.24, 2.45) is 11.7 Å². The molecule has 154 valence electrons. The van der Waals surface area contributed by atoms with Gasteiger partial charge in [0.1, 0.15) is 5.60 Å². The molecule has 0 radical (unpaired) electrons. The van der Waals surface area contributed by atoms with Crippen molar-refractivity contribution in [3.05, 3.63) is 59.2 Å². The fourth-order valence-electron chi connectivity index (χ4n) is 3.73. The SMILES string of the molecule is CC(CCNC(=O)c1ccc2c(c1)C(CN)c1ccccc1-2)C(=O)OC(C)(C)C. The molecule has 0 heterocycles. The van der Waals surface area contributed by atoms with Crippen molar-refractivity contribution in [1.29, 1.82) is 0 Å². The molecule has 2 aromatic carbocycles. The number of hydrogen-bond donors (Lipinski definition) is 2. The van der Waals surface area contributed by atoms with Crippen LogP contribution in [0.4, 0.5) is 0 Å². The van der Waals surface area contributed by atoms with Crippen molar-refractivity contribution in [1.82, 2.24) is 5.32 Å². The van der Waals surface area contributed by atoms with E-state index < -0.39 is 5.60 Å². The predicted molar refractivity (Wildman–Crippen MR) is 115 cm³/mol. The Labute approximate surface area is 172 Å². The first kappa shape index (κ1) is 21.1. The van der Waals surface area contributed by atoms with E-state index in [-0.39, 0.29) is 23.7 Å². The lowest BCUT2D eigenvalue weighted by Gasteiger charge is -2.22. The molecule has 2 aromatic rings. The highest BCUT2D eigenvalue weighted by Crippen LogP contribution is 2.44. The number of ether oxygens (including phenoxy) is 1. The second-order valence-electron chi connectivity index (χ2n) is 8.66. The van der Waals surface area contributed by atoms with Gasteiger partial charge in [-0.2, -0.15) is 0 Å². The summed E-state index contributed by atoms with van der Waals surface area (Å²) in [5.74, 6) is -0.546. The zero-order valence-electron chi connectivity index (χ0n) is 17.6. The van der Waals surface area contributed by atoms with Crippen LogP contribution in [-0.4, -0.2) is 30.6 Å². The summed E-state index contributed by atoms with van der Waals surface area (Å²) in [5.41, 5.74) is 10.8. The first-order chi connectivity index (χ1) is 13.7. The Morgan fingerprint density at radius 3 is 2.48 bits per heavy atom. The molecule has 0 spiro atoms. The second-order valence-corrected chi connectivity index (χ2v) is 8.66. The van der Waals surface area contributed by atoms with Gasteiger partial charge in [-0.3, -0.25) is 9.59 Å². The van der Waals surface area contributed by atoms with E-state index in [1.165, 1.54) is 11.1 Å². The number of rotatable bonds is 6. The van der Waals surface area contributed by atoms with Crippen LogP contribution in [0.5, 0.6) is 0 Å². The lowest BCUT2D eigenvalue weighted by molar-refractivity contribution is -0.159. The molecule has 0 bridgehead atoms. The molecule has 1 amide bonds. The fourth-order valence-corrected chi connectivity index (χ4v) is 3.73. The van der Waals surface area contributed by atoms with Gasteiger partial charge in [-0.15, -0.1) is 0 Å². The zero-order chi connectivity index (χ0) is 21.2. The first-order valence-electron chi connectivity index (χ1n) is 10.2. The van der Waals surface area contributed by atoms with Crippen molar-refractivity contribution >= 4 is 11.9 Å². The summed E-state index contributed by atoms with van der Waals surface area (Å²) in [6.07, 6.45) is 0.530. The number of fused-ring (bicyclic) bond motifs is 3. The number of amides is 1. The Morgan fingerprint density at radius 1 is 1.10 bits per heavy atom. The predicted octanol–water partition coefficient (Wildman–Crippen LogP) is 3.86. The van der Waals surface area contributed by atoms with Crippen LogP contribution >= 0.6 is 0 Å². The summed E-state index contributed by atoms with van der Waals surface area (Å²) in [5, 5.41) is 2.91. The maximum absolute atomic E-state index is 12.6. The van der Waals surface area contributed by atoms with Crippen LogP contribution in [0.15, 0.2) is 42.5 Å². The van der Waals surface area contributed by atoms with Crippen LogP contribution in [0, 0.1) is 5.92 Å². The van der Waals surface area contributed by atoms with E-state index in [1.54, 1.807) is 0 Å². The minimum Gasteiger partial charge on any atom is -0.460 e. The Kier molecular flexibility index (Phi) is 6.08. The number of carbonyl (C=O) groups is 2. The van der Waals surface area contributed by atoms with Gasteiger partial charge in [0.25, 0.3) is 5.91 Å². The van der Waals surface area contributed by atoms with Gasteiger partial charge in [0.05, 0.1) is 5.92 Å². The largest absolute Gasteiger partial charge is 0.460 e. The van der Waals surface area contributed by atoms with Gasteiger partial charge in [-0.25, -0.2) is 0 Å². The van der Waals surface area contributed by atoms with Gasteiger partial charge in [0.15, 0.2) is 0 Å². The van der Waals surface area contributed by atoms with Crippen molar-refractivity contribution in [2.45, 2.75) is 45.6 Å². The molecular weight excluding hydrogens is 364 g/mol. The van der Waals surface area contributed by atoms with Gasteiger partial charge >= 0.3 is 5.97 Å². The van der Waals surface area contributed by atoms with Crippen LogP contribution < -0.4 is 11.1 Å². The van der Waals surface area contributed by atoms with Gasteiger partial charge in [-0.1, -0.05) is 37.3 Å². The summed E-state index contributed by atoms with van der Waals surface area (Å²) < 4.78 is 5.38. The summed E-state index contributed by atoms with van der Waals surface area (Å²) in [4.78, 5) is 24.7. The zero-order valence-corrected chi connectivity index (χ0v) is 17.6. The number of hydrogen-bond acceptors (Lipinski definition) is 4. The van der Waals surface area contributed by atoms with E-state index in [2.05, 4.69) is 17.4 Å². The normalized spacial score (nSPS) is 16.0. The van der Waals surface area contributed by atoms with Crippen molar-refractivity contribution < 1.29 is 14.3 Å². The molecule has 1 aliphatic rings. The van der Waals surface area contributed by atoms with E-state index in [1.807, 2.05) is 58.0 Å². The van der Waals surface area contributed by atoms with Crippen molar-refractivity contribution in [2.75, 3.05) is 13.1 Å². The molecule has 0 aliphatic heterocycles. The maximum atomic E-state index is 12.6. The van der Waals surface area contributed by atoms with E-state index in [4.69, 9.17) is 10.5 Å². The lowest BCUT2D eigenvalue weighted by atomic mass is 9.96. The molecule has 2 unspecified atom stereocenters. The Bertz CT molecular complexity index is 915. The van der Waals surface area contributed by atoms with Crippen LogP contribution in [0.25, 0.3) is 11.1 Å². The third-order valence-electron chi connectivity index (χ3n) is 5.22. The van der Waals surface area contributed by atoms with Crippen LogP contribution in [-0.2, 0) is 9.53 Å². The highest BCUT2D eigenvalue weighted by atomic mass is 16.6. The summed E-state index contributed by atoms with van der Waals surface area (Å²) >= 11 is 0. The summed E-state index contributed by atoms with van der Waals surface area (Å²) in [7, 11) is 0. The number of nitrogens with one attached hydrogen (secondary N) is 1. The van der Waals surface area contributed by atoms with E-state index >= 15 is 0 Å². The smallest absolute Gasteiger partial charge is 0.309 e. The molecule has 0 fully saturated rings. The third-order valence-corrected chi connectivity index (χ3v) is 5.22. The summed E-state index contributed by atoms with van der Waals surface area (Å²) in [6.45, 7) is 8.28. The van der Waals surface area contributed by atoms with Crippen molar-refractivity contribution in [3.8, 4) is 11.1 Å². The molecule has 0 saturated carbocycles. The molecule has 0 saturated heterocycles. The van der Waals surface area contributed by atoms with E-state index in [0.717, 1.165) is 11.1 Å². The first-order valence-corrected chi connectivity index (χ1v) is 10.2. The molecule has 0 aromatic heterocycles. The maximum Gasteiger partial charge on any atom is 0.309 e. The van der Waals surface area contributed by atoms with E-state index in [9.17, 15) is 9.59 Å². The molecule has 3 rings (SSSR count). The molecular formula is C24H30N2O3. The van der Waals surface area contributed by atoms with Crippen LogP contribution in [0.2, 0.25) is 0 Å². The third kappa shape index (κ3) is 4.67. The highest BCUT2D eigenvalue weighted by Gasteiger charge is 2.28. The minimum atomic E-state index is -0.504. The van der Waals surface area contributed by atoms with Gasteiger partial charge in [0.2, 0.25) is 0 Å². The average Bonchev–Trinajstić information content (AvgIpc) is 2.99. The van der Waals surface area contributed by atoms with Gasteiger partial charge in [0, 0.05) is 24.6 Å². The second kappa shape index (κ2) is 8.37. The lowest BCUT2D eigenvalue weighted by Crippen LogP contribution is -2.31. The molecule has 2 atom stereocenters. The fraction of sp³-hybridized carbons (Fsp3) is 0.417. The number of benzene rings is 2. The number of esters is 1. The topological polar surface area (TPSA) is 81.4 Å². The molecule has 1 aliphatic carbocycles. The van der Waals surface area contributed by atoms with Gasteiger partial charge in [-0.05, 0) is 61.6 Å². The Hall–Kier alpha value is -2.66. The van der Waals surface area contributed by atoms with Crippen LogP contribution in [0.3, 0.4) is 0 Å². The Morgan fingerprint density at radius 2 is 1.79 bits per heavy atom. The average molecular weight is 395 g/mol. The quantitative estimate of drug-likeness (QED) is 0.729. The molecule has 5 heteroatoms.